The minimum Gasteiger partial charge on any atom is -0.497 e. The summed E-state index contributed by atoms with van der Waals surface area (Å²) >= 11 is 0. The Bertz CT molecular complexity index is 1870. The molecule has 0 saturated carbocycles. The number of methoxy groups -OCH3 is 1. The number of nitrogens with zero attached hydrogens (tertiary/aromatic N) is 7. The molecule has 0 aliphatic carbocycles. The first-order valence-electron chi connectivity index (χ1n) is 13.0. The summed E-state index contributed by atoms with van der Waals surface area (Å²) in [5, 5.41) is 13.7. The molecule has 7 rings (SSSR count). The van der Waals surface area contributed by atoms with Crippen molar-refractivity contribution in [2.24, 2.45) is 5.16 Å². The Balaban J connectivity index is 1.25. The fraction of sp³-hybridized carbons (Fsp3) is 0.167. The highest BCUT2D eigenvalue weighted by molar-refractivity contribution is 5.98. The number of rotatable bonds is 7. The minimum atomic E-state index is -0.356. The molecule has 0 fully saturated rings. The molecular weight excluding hydrogens is 522 g/mol. The summed E-state index contributed by atoms with van der Waals surface area (Å²) in [6, 6.07) is 21.2. The summed E-state index contributed by atoms with van der Waals surface area (Å²) in [5.74, 6) is 2.60. The van der Waals surface area contributed by atoms with Crippen LogP contribution in [0.5, 0.6) is 17.5 Å². The number of fused-ring (bicyclic) bond motifs is 4. The van der Waals surface area contributed by atoms with Gasteiger partial charge < -0.3 is 18.7 Å². The number of hydrogen-bond donors (Lipinski definition) is 0. The standard InChI is InChI=1S/C30H25N7O4/c1-18(20-11-13-22(38-3)14-12-20)35-40-16-24-32-28-27-26(23-10-7-15-39-23)25-19(2)33-37(21-8-5-4-6-9-21)30(25)41-29(27)31-17-36(28)34-24/h4-15,17,26H,16H2,1-3H3/b35-18+/t26-/m0/s1. The fourth-order valence-corrected chi connectivity index (χ4v) is 5.04. The maximum Gasteiger partial charge on any atom is 0.230 e. The largest absolute Gasteiger partial charge is 0.497 e. The van der Waals surface area contributed by atoms with E-state index in [0.717, 1.165) is 45.3 Å². The van der Waals surface area contributed by atoms with Crippen LogP contribution in [-0.4, -0.2) is 42.2 Å². The van der Waals surface area contributed by atoms with Crippen molar-refractivity contribution < 1.29 is 18.7 Å². The van der Waals surface area contributed by atoms with Crippen LogP contribution in [0.25, 0.3) is 11.3 Å². The lowest BCUT2D eigenvalue weighted by molar-refractivity contribution is 0.125. The Morgan fingerprint density at radius 3 is 2.59 bits per heavy atom. The number of para-hydroxylation sites is 1. The third-order valence-electron chi connectivity index (χ3n) is 7.00. The molecule has 0 saturated heterocycles. The summed E-state index contributed by atoms with van der Waals surface area (Å²) in [6.07, 6.45) is 3.23. The van der Waals surface area contributed by atoms with Crippen LogP contribution in [0.4, 0.5) is 0 Å². The smallest absolute Gasteiger partial charge is 0.230 e. The van der Waals surface area contributed by atoms with Gasteiger partial charge in [0.05, 0.1) is 47.5 Å². The number of hydrogen-bond acceptors (Lipinski definition) is 9. The van der Waals surface area contributed by atoms with Crippen molar-refractivity contribution >= 4 is 11.4 Å². The zero-order valence-corrected chi connectivity index (χ0v) is 22.6. The van der Waals surface area contributed by atoms with Gasteiger partial charge >= 0.3 is 0 Å². The van der Waals surface area contributed by atoms with Gasteiger partial charge in [0.25, 0.3) is 0 Å². The summed E-state index contributed by atoms with van der Waals surface area (Å²) in [6.45, 7) is 3.91. The number of furan rings is 1. The lowest BCUT2D eigenvalue weighted by atomic mass is 9.88. The van der Waals surface area contributed by atoms with Gasteiger partial charge in [-0.2, -0.15) is 5.10 Å². The van der Waals surface area contributed by atoms with E-state index in [9.17, 15) is 0 Å². The molecule has 2 aromatic carbocycles. The van der Waals surface area contributed by atoms with E-state index in [-0.39, 0.29) is 12.5 Å². The quantitative estimate of drug-likeness (QED) is 0.191. The third kappa shape index (κ3) is 4.27. The molecule has 1 atom stereocenters. The first kappa shape index (κ1) is 24.6. The average Bonchev–Trinajstić information content (AvgIpc) is 3.76. The van der Waals surface area contributed by atoms with Gasteiger partial charge in [0.15, 0.2) is 18.1 Å². The monoisotopic (exact) mass is 547 g/mol. The van der Waals surface area contributed by atoms with Gasteiger partial charge in [0.2, 0.25) is 11.8 Å². The Labute approximate surface area is 234 Å². The predicted octanol–water partition coefficient (Wildman–Crippen LogP) is 5.45. The van der Waals surface area contributed by atoms with Crippen molar-refractivity contribution in [2.45, 2.75) is 26.4 Å². The second-order valence-electron chi connectivity index (χ2n) is 9.54. The Hall–Kier alpha value is -5.45. The highest BCUT2D eigenvalue weighted by atomic mass is 16.6. The molecule has 6 aromatic rings. The Morgan fingerprint density at radius 1 is 1.00 bits per heavy atom. The molecular formula is C30H25N7O4. The van der Waals surface area contributed by atoms with Crippen LogP contribution in [0.1, 0.15) is 46.8 Å². The van der Waals surface area contributed by atoms with Gasteiger partial charge in [0.1, 0.15) is 17.8 Å². The number of aryl methyl sites for hydroxylation is 1. The summed E-state index contributed by atoms with van der Waals surface area (Å²) in [5.41, 5.74) is 5.54. The first-order chi connectivity index (χ1) is 20.1. The molecule has 0 spiro atoms. The third-order valence-corrected chi connectivity index (χ3v) is 7.00. The van der Waals surface area contributed by atoms with Crippen LogP contribution in [0, 0.1) is 6.92 Å². The molecule has 204 valence electrons. The highest BCUT2D eigenvalue weighted by Gasteiger charge is 2.39. The van der Waals surface area contributed by atoms with Gasteiger partial charge in [0, 0.05) is 0 Å². The maximum absolute atomic E-state index is 6.41. The lowest BCUT2D eigenvalue weighted by Crippen LogP contribution is -2.15. The molecule has 0 radical (unpaired) electrons. The average molecular weight is 548 g/mol. The van der Waals surface area contributed by atoms with E-state index >= 15 is 0 Å². The van der Waals surface area contributed by atoms with Crippen molar-refractivity contribution in [3.8, 4) is 23.2 Å². The van der Waals surface area contributed by atoms with Crippen molar-refractivity contribution in [3.05, 3.63) is 113 Å². The SMILES string of the molecule is COc1ccc(/C(C)=N/OCc2nc3c4c(ncn3n2)Oc2c(c(C)nn2-c2ccccc2)[C@@H]4c2ccco2)cc1. The van der Waals surface area contributed by atoms with E-state index in [0.29, 0.717) is 23.2 Å². The maximum atomic E-state index is 6.41. The molecule has 0 unspecified atom stereocenters. The zero-order valence-electron chi connectivity index (χ0n) is 22.6. The Kier molecular flexibility index (Phi) is 5.96. The minimum absolute atomic E-state index is 0.0758. The fourth-order valence-electron chi connectivity index (χ4n) is 5.04. The summed E-state index contributed by atoms with van der Waals surface area (Å²) in [4.78, 5) is 15.0. The molecule has 41 heavy (non-hydrogen) atoms. The van der Waals surface area contributed by atoms with Gasteiger partial charge in [-0.05, 0) is 67.9 Å². The van der Waals surface area contributed by atoms with Crippen LogP contribution in [-0.2, 0) is 11.4 Å². The van der Waals surface area contributed by atoms with Crippen molar-refractivity contribution in [2.75, 3.05) is 7.11 Å². The molecule has 11 nitrogen and oxygen atoms in total. The van der Waals surface area contributed by atoms with Crippen molar-refractivity contribution in [1.82, 2.24) is 29.4 Å². The highest BCUT2D eigenvalue weighted by Crippen LogP contribution is 2.49. The molecule has 11 heteroatoms. The number of benzene rings is 2. The van der Waals surface area contributed by atoms with E-state index in [4.69, 9.17) is 28.8 Å². The summed E-state index contributed by atoms with van der Waals surface area (Å²) < 4.78 is 21.0. The normalized spacial score (nSPS) is 14.4. The van der Waals surface area contributed by atoms with Crippen LogP contribution < -0.4 is 9.47 Å². The number of ether oxygens (including phenoxy) is 2. The van der Waals surface area contributed by atoms with Gasteiger partial charge in [-0.15, -0.1) is 5.10 Å². The van der Waals surface area contributed by atoms with E-state index in [2.05, 4.69) is 15.2 Å². The molecule has 0 amide bonds. The zero-order chi connectivity index (χ0) is 27.9. The van der Waals surface area contributed by atoms with Gasteiger partial charge in [-0.25, -0.2) is 19.2 Å². The molecule has 1 aliphatic rings. The second-order valence-corrected chi connectivity index (χ2v) is 9.54. The van der Waals surface area contributed by atoms with E-state index in [1.807, 2.05) is 80.6 Å². The van der Waals surface area contributed by atoms with Crippen LogP contribution >= 0.6 is 0 Å². The van der Waals surface area contributed by atoms with E-state index in [1.165, 1.54) is 0 Å². The van der Waals surface area contributed by atoms with Crippen LogP contribution in [0.3, 0.4) is 0 Å². The number of aromatic nitrogens is 6. The second kappa shape index (κ2) is 9.94. The topological polar surface area (TPSA) is 114 Å². The first-order valence-corrected chi connectivity index (χ1v) is 13.0. The Morgan fingerprint density at radius 2 is 1.83 bits per heavy atom. The predicted molar refractivity (Wildman–Crippen MR) is 149 cm³/mol. The van der Waals surface area contributed by atoms with Crippen molar-refractivity contribution in [3.63, 3.8) is 0 Å². The molecule has 0 bridgehead atoms. The molecule has 1 aliphatic heterocycles. The summed E-state index contributed by atoms with van der Waals surface area (Å²) in [7, 11) is 1.63. The molecule has 4 aromatic heterocycles. The molecule has 5 heterocycles. The number of oxime groups is 1. The van der Waals surface area contributed by atoms with Crippen molar-refractivity contribution in [1.29, 1.82) is 0 Å². The van der Waals surface area contributed by atoms with E-state index < -0.39 is 0 Å². The van der Waals surface area contributed by atoms with Gasteiger partial charge in [-0.1, -0.05) is 23.4 Å². The van der Waals surface area contributed by atoms with Crippen LogP contribution in [0.2, 0.25) is 0 Å². The van der Waals surface area contributed by atoms with Crippen LogP contribution in [0.15, 0.2) is 88.9 Å². The van der Waals surface area contributed by atoms with Gasteiger partial charge in [-0.3, -0.25) is 0 Å². The molecule has 0 N–H and O–H groups in total. The lowest BCUT2D eigenvalue weighted by Gasteiger charge is -2.24. The van der Waals surface area contributed by atoms with E-state index in [1.54, 1.807) is 28.9 Å².